The summed E-state index contributed by atoms with van der Waals surface area (Å²) in [6, 6.07) is 0.00872. The zero-order valence-electron chi connectivity index (χ0n) is 15.4. The van der Waals surface area contributed by atoms with Crippen molar-refractivity contribution in [3.8, 4) is 0 Å². The van der Waals surface area contributed by atoms with E-state index in [0.29, 0.717) is 5.92 Å². The monoisotopic (exact) mass is 337 g/mol. The minimum atomic E-state index is -0.432. The van der Waals surface area contributed by atoms with Gasteiger partial charge in [0, 0.05) is 31.9 Å². The van der Waals surface area contributed by atoms with E-state index in [1.807, 2.05) is 32.6 Å². The van der Waals surface area contributed by atoms with Crippen LogP contribution in [0.15, 0.2) is 11.8 Å². The molecule has 1 N–H and O–H groups in total. The summed E-state index contributed by atoms with van der Waals surface area (Å²) in [4.78, 5) is 27.3. The van der Waals surface area contributed by atoms with Crippen LogP contribution in [0, 0.1) is 5.92 Å². The Kier molecular flexibility index (Phi) is 6.13. The lowest BCUT2D eigenvalue weighted by Crippen LogP contribution is -2.41. The van der Waals surface area contributed by atoms with Crippen molar-refractivity contribution in [3.05, 3.63) is 11.8 Å². The van der Waals surface area contributed by atoms with Crippen LogP contribution < -0.4 is 5.32 Å². The van der Waals surface area contributed by atoms with E-state index < -0.39 is 5.60 Å². The normalized spacial score (nSPS) is 20.3. The Labute approximate surface area is 145 Å². The standard InChI is InChI=1S/C18H31N3O3/c1-14(21-13-10-19-16(21)22)6-5-7-15-8-11-20(12-9-15)17(23)24-18(2,3)4/h6,15H,5,7-13H2,1-4H3,(H,19,22). The summed E-state index contributed by atoms with van der Waals surface area (Å²) >= 11 is 0. The topological polar surface area (TPSA) is 61.9 Å². The molecule has 0 spiro atoms. The van der Waals surface area contributed by atoms with E-state index in [9.17, 15) is 9.59 Å². The lowest BCUT2D eigenvalue weighted by Gasteiger charge is -2.33. The van der Waals surface area contributed by atoms with Crippen LogP contribution in [0.3, 0.4) is 0 Å². The zero-order valence-corrected chi connectivity index (χ0v) is 15.4. The number of carbonyl (C=O) groups excluding carboxylic acids is 2. The lowest BCUT2D eigenvalue weighted by molar-refractivity contribution is 0.0181. The molecule has 0 saturated carbocycles. The quantitative estimate of drug-likeness (QED) is 0.856. The Bertz CT molecular complexity index is 488. The third-order valence-corrected chi connectivity index (χ3v) is 4.56. The molecule has 6 heteroatoms. The number of piperidine rings is 1. The number of ether oxygens (including phenoxy) is 1. The fourth-order valence-corrected chi connectivity index (χ4v) is 3.18. The molecule has 2 aliphatic heterocycles. The fourth-order valence-electron chi connectivity index (χ4n) is 3.18. The van der Waals surface area contributed by atoms with E-state index in [-0.39, 0.29) is 12.1 Å². The van der Waals surface area contributed by atoms with Gasteiger partial charge in [0.2, 0.25) is 0 Å². The van der Waals surface area contributed by atoms with E-state index in [1.54, 1.807) is 4.90 Å². The molecule has 2 rings (SSSR count). The number of nitrogens with zero attached hydrogens (tertiary/aromatic N) is 2. The second-order valence-electron chi connectivity index (χ2n) is 7.72. The molecule has 0 atom stereocenters. The number of amides is 3. The van der Waals surface area contributed by atoms with Gasteiger partial charge in [-0.3, -0.25) is 4.90 Å². The first kappa shape index (κ1) is 18.6. The first-order valence-corrected chi connectivity index (χ1v) is 8.96. The van der Waals surface area contributed by atoms with Crippen molar-refractivity contribution < 1.29 is 14.3 Å². The molecular weight excluding hydrogens is 306 g/mol. The summed E-state index contributed by atoms with van der Waals surface area (Å²) in [6.07, 6.45) is 6.09. The highest BCUT2D eigenvalue weighted by molar-refractivity contribution is 5.78. The van der Waals surface area contributed by atoms with Gasteiger partial charge in [-0.05, 0) is 59.3 Å². The molecule has 2 saturated heterocycles. The second kappa shape index (κ2) is 7.90. The van der Waals surface area contributed by atoms with Crippen molar-refractivity contribution in [1.29, 1.82) is 0 Å². The summed E-state index contributed by atoms with van der Waals surface area (Å²) in [5, 5.41) is 2.82. The van der Waals surface area contributed by atoms with Gasteiger partial charge in [-0.2, -0.15) is 0 Å². The van der Waals surface area contributed by atoms with E-state index >= 15 is 0 Å². The van der Waals surface area contributed by atoms with Gasteiger partial charge < -0.3 is 15.0 Å². The molecule has 24 heavy (non-hydrogen) atoms. The molecule has 6 nitrogen and oxygen atoms in total. The number of urea groups is 1. The van der Waals surface area contributed by atoms with Crippen LogP contribution in [0.25, 0.3) is 0 Å². The summed E-state index contributed by atoms with van der Waals surface area (Å²) in [6.45, 7) is 10.7. The molecule has 0 aromatic carbocycles. The van der Waals surface area contributed by atoms with Crippen LogP contribution in [0.5, 0.6) is 0 Å². The molecular formula is C18H31N3O3. The minimum absolute atomic E-state index is 0.00872. The molecule has 3 amide bonds. The number of rotatable bonds is 4. The Balaban J connectivity index is 1.70. The predicted molar refractivity (Wildman–Crippen MR) is 93.6 cm³/mol. The number of carbonyl (C=O) groups is 2. The van der Waals surface area contributed by atoms with Crippen LogP contribution in [0.1, 0.15) is 53.4 Å². The molecule has 0 aromatic heterocycles. The SMILES string of the molecule is CC(=CCCC1CCN(C(=O)OC(C)(C)C)CC1)N1CCNC1=O. The van der Waals surface area contributed by atoms with Gasteiger partial charge in [0.15, 0.2) is 0 Å². The summed E-state index contributed by atoms with van der Waals surface area (Å²) in [7, 11) is 0. The summed E-state index contributed by atoms with van der Waals surface area (Å²) in [5.74, 6) is 0.639. The van der Waals surface area contributed by atoms with Crippen molar-refractivity contribution in [2.75, 3.05) is 26.2 Å². The molecule has 0 aromatic rings. The number of allylic oxidation sites excluding steroid dienone is 2. The number of hydrogen-bond donors (Lipinski definition) is 1. The number of nitrogens with one attached hydrogen (secondary N) is 1. The molecule has 2 aliphatic rings. The largest absolute Gasteiger partial charge is 0.444 e. The van der Waals surface area contributed by atoms with E-state index in [0.717, 1.165) is 57.6 Å². The molecule has 0 unspecified atom stereocenters. The Hall–Kier alpha value is -1.72. The maximum Gasteiger partial charge on any atom is 0.410 e. The Morgan fingerprint density at radius 2 is 1.96 bits per heavy atom. The predicted octanol–water partition coefficient (Wildman–Crippen LogP) is 3.34. The molecule has 0 radical (unpaired) electrons. The van der Waals surface area contributed by atoms with Crippen LogP contribution in [-0.4, -0.2) is 53.7 Å². The third kappa shape index (κ3) is 5.42. The van der Waals surface area contributed by atoms with Crippen LogP contribution in [0.2, 0.25) is 0 Å². The van der Waals surface area contributed by atoms with Crippen molar-refractivity contribution in [3.63, 3.8) is 0 Å². The smallest absolute Gasteiger partial charge is 0.410 e. The van der Waals surface area contributed by atoms with Gasteiger partial charge in [0.1, 0.15) is 5.60 Å². The minimum Gasteiger partial charge on any atom is -0.444 e. The highest BCUT2D eigenvalue weighted by atomic mass is 16.6. The average Bonchev–Trinajstić information content (AvgIpc) is 2.92. The molecule has 0 bridgehead atoms. The average molecular weight is 337 g/mol. The zero-order chi connectivity index (χ0) is 17.7. The van der Waals surface area contributed by atoms with Gasteiger partial charge in [0.05, 0.1) is 0 Å². The first-order valence-electron chi connectivity index (χ1n) is 8.96. The molecule has 2 fully saturated rings. The van der Waals surface area contributed by atoms with Gasteiger partial charge in [-0.25, -0.2) is 9.59 Å². The van der Waals surface area contributed by atoms with Crippen molar-refractivity contribution in [2.45, 2.75) is 59.0 Å². The molecule has 136 valence electrons. The second-order valence-corrected chi connectivity index (χ2v) is 7.72. The van der Waals surface area contributed by atoms with Crippen LogP contribution in [-0.2, 0) is 4.74 Å². The highest BCUT2D eigenvalue weighted by Crippen LogP contribution is 2.24. The maximum absolute atomic E-state index is 12.1. The number of likely N-dealkylation sites (tertiary alicyclic amines) is 1. The maximum atomic E-state index is 12.1. The van der Waals surface area contributed by atoms with Crippen LogP contribution in [0.4, 0.5) is 9.59 Å². The van der Waals surface area contributed by atoms with Crippen molar-refractivity contribution >= 4 is 12.1 Å². The highest BCUT2D eigenvalue weighted by Gasteiger charge is 2.26. The summed E-state index contributed by atoms with van der Waals surface area (Å²) in [5.41, 5.74) is 0.606. The van der Waals surface area contributed by atoms with Gasteiger partial charge in [-0.1, -0.05) is 6.08 Å². The first-order chi connectivity index (χ1) is 11.3. The van der Waals surface area contributed by atoms with E-state index in [1.165, 1.54) is 0 Å². The summed E-state index contributed by atoms with van der Waals surface area (Å²) < 4.78 is 5.43. The Morgan fingerprint density at radius 1 is 1.29 bits per heavy atom. The Morgan fingerprint density at radius 3 is 2.50 bits per heavy atom. The van der Waals surface area contributed by atoms with Gasteiger partial charge in [0.25, 0.3) is 0 Å². The van der Waals surface area contributed by atoms with E-state index in [4.69, 9.17) is 4.74 Å². The molecule has 0 aliphatic carbocycles. The third-order valence-electron chi connectivity index (χ3n) is 4.56. The van der Waals surface area contributed by atoms with Crippen LogP contribution >= 0.6 is 0 Å². The number of hydrogen-bond acceptors (Lipinski definition) is 3. The van der Waals surface area contributed by atoms with Gasteiger partial charge >= 0.3 is 12.1 Å². The van der Waals surface area contributed by atoms with Crippen molar-refractivity contribution in [1.82, 2.24) is 15.1 Å². The van der Waals surface area contributed by atoms with Gasteiger partial charge in [-0.15, -0.1) is 0 Å². The van der Waals surface area contributed by atoms with Crippen molar-refractivity contribution in [2.24, 2.45) is 5.92 Å². The fraction of sp³-hybridized carbons (Fsp3) is 0.778. The van der Waals surface area contributed by atoms with E-state index in [2.05, 4.69) is 11.4 Å². The molecule has 2 heterocycles. The lowest BCUT2D eigenvalue weighted by atomic mass is 9.92.